The number of aromatic nitrogens is 2. The van der Waals surface area contributed by atoms with Crippen LogP contribution in [-0.2, 0) is 18.3 Å². The van der Waals surface area contributed by atoms with Crippen LogP contribution in [0.2, 0.25) is 0 Å². The Labute approximate surface area is 76.7 Å². The summed E-state index contributed by atoms with van der Waals surface area (Å²) in [7, 11) is 1.83. The molecule has 0 radical (unpaired) electrons. The summed E-state index contributed by atoms with van der Waals surface area (Å²) in [5.74, 6) is -0.495. The van der Waals surface area contributed by atoms with Crippen molar-refractivity contribution >= 4 is 5.91 Å². The van der Waals surface area contributed by atoms with Gasteiger partial charge >= 0.3 is 0 Å². The van der Waals surface area contributed by atoms with Gasteiger partial charge in [0, 0.05) is 19.7 Å². The third-order valence-corrected chi connectivity index (χ3v) is 1.89. The van der Waals surface area contributed by atoms with Crippen LogP contribution in [0.1, 0.15) is 11.3 Å². The van der Waals surface area contributed by atoms with E-state index in [1.54, 1.807) is 4.68 Å². The Hall–Kier alpha value is -1.36. The van der Waals surface area contributed by atoms with Crippen molar-refractivity contribution in [2.75, 3.05) is 0 Å². The Bertz CT molecular complexity index is 318. The minimum Gasteiger partial charge on any atom is -0.368 e. The fourth-order valence-electron chi connectivity index (χ4n) is 1.16. The summed E-state index contributed by atoms with van der Waals surface area (Å²) in [6.07, 6.45) is 2.28. The van der Waals surface area contributed by atoms with Crippen LogP contribution in [0.15, 0.2) is 6.20 Å². The van der Waals surface area contributed by atoms with Crippen molar-refractivity contribution < 1.29 is 4.79 Å². The summed E-state index contributed by atoms with van der Waals surface area (Å²) in [6, 6.07) is -0.645. The number of primary amides is 1. The van der Waals surface area contributed by atoms with E-state index in [1.807, 2.05) is 20.2 Å². The Morgan fingerprint density at radius 2 is 2.38 bits per heavy atom. The Morgan fingerprint density at radius 1 is 1.77 bits per heavy atom. The van der Waals surface area contributed by atoms with Crippen LogP contribution in [0, 0.1) is 6.92 Å². The normalized spacial score (nSPS) is 12.8. The summed E-state index contributed by atoms with van der Waals surface area (Å²) in [4.78, 5) is 10.7. The van der Waals surface area contributed by atoms with Crippen molar-refractivity contribution in [2.24, 2.45) is 18.5 Å². The van der Waals surface area contributed by atoms with Gasteiger partial charge < -0.3 is 11.5 Å². The molecule has 1 rings (SSSR count). The predicted octanol–water partition coefficient (Wildman–Crippen LogP) is -0.916. The monoisotopic (exact) mass is 182 g/mol. The summed E-state index contributed by atoms with van der Waals surface area (Å²) in [6.45, 7) is 1.93. The number of rotatable bonds is 3. The highest BCUT2D eigenvalue weighted by atomic mass is 16.1. The largest absolute Gasteiger partial charge is 0.368 e. The molecule has 5 heteroatoms. The van der Waals surface area contributed by atoms with Crippen LogP contribution in [-0.4, -0.2) is 21.7 Å². The quantitative estimate of drug-likeness (QED) is 0.634. The van der Waals surface area contributed by atoms with E-state index in [-0.39, 0.29) is 0 Å². The maximum Gasteiger partial charge on any atom is 0.234 e. The van der Waals surface area contributed by atoms with Gasteiger partial charge in [0.2, 0.25) is 5.91 Å². The smallest absolute Gasteiger partial charge is 0.234 e. The van der Waals surface area contributed by atoms with Crippen LogP contribution in [0.5, 0.6) is 0 Å². The molecule has 4 N–H and O–H groups in total. The first-order valence-corrected chi connectivity index (χ1v) is 4.04. The van der Waals surface area contributed by atoms with Gasteiger partial charge in [-0.25, -0.2) is 0 Å². The molecular weight excluding hydrogens is 168 g/mol. The first-order chi connectivity index (χ1) is 6.00. The first kappa shape index (κ1) is 9.73. The Morgan fingerprint density at radius 3 is 2.77 bits per heavy atom. The summed E-state index contributed by atoms with van der Waals surface area (Å²) < 4.78 is 1.69. The number of hydrogen-bond donors (Lipinski definition) is 2. The molecule has 1 atom stereocenters. The fraction of sp³-hybridized carbons (Fsp3) is 0.500. The molecule has 1 aromatic rings. The second-order valence-electron chi connectivity index (χ2n) is 3.15. The number of nitrogens with zero attached hydrogens (tertiary/aromatic N) is 2. The highest BCUT2D eigenvalue weighted by molar-refractivity contribution is 5.79. The SMILES string of the molecule is Cc1cn(C)nc1CC(N)C(N)=O. The molecule has 0 aliphatic carbocycles. The predicted molar refractivity (Wildman–Crippen MR) is 48.8 cm³/mol. The molecule has 0 spiro atoms. The first-order valence-electron chi connectivity index (χ1n) is 4.04. The Kier molecular flexibility index (Phi) is 2.67. The van der Waals surface area contributed by atoms with Gasteiger partial charge in [0.25, 0.3) is 0 Å². The zero-order chi connectivity index (χ0) is 10.0. The molecule has 0 aliphatic rings. The maximum absolute atomic E-state index is 10.7. The van der Waals surface area contributed by atoms with E-state index in [2.05, 4.69) is 5.10 Å². The second-order valence-corrected chi connectivity index (χ2v) is 3.15. The van der Waals surface area contributed by atoms with E-state index in [1.165, 1.54) is 0 Å². The minimum atomic E-state index is -0.645. The van der Waals surface area contributed by atoms with Gasteiger partial charge in [-0.3, -0.25) is 9.48 Å². The van der Waals surface area contributed by atoms with Crippen LogP contribution in [0.25, 0.3) is 0 Å². The second kappa shape index (κ2) is 3.57. The molecule has 0 aromatic carbocycles. The number of amides is 1. The molecule has 1 amide bonds. The molecule has 0 aliphatic heterocycles. The van der Waals surface area contributed by atoms with Gasteiger partial charge in [-0.1, -0.05) is 0 Å². The van der Waals surface area contributed by atoms with Crippen LogP contribution in [0.4, 0.5) is 0 Å². The fourth-order valence-corrected chi connectivity index (χ4v) is 1.16. The molecule has 13 heavy (non-hydrogen) atoms. The average molecular weight is 182 g/mol. The van der Waals surface area contributed by atoms with Crippen LogP contribution >= 0.6 is 0 Å². The van der Waals surface area contributed by atoms with Gasteiger partial charge in [0.05, 0.1) is 11.7 Å². The molecular formula is C8H14N4O. The lowest BCUT2D eigenvalue weighted by Gasteiger charge is -2.04. The van der Waals surface area contributed by atoms with E-state index in [4.69, 9.17) is 11.5 Å². The minimum absolute atomic E-state index is 0.405. The van der Waals surface area contributed by atoms with Gasteiger partial charge in [-0.2, -0.15) is 5.10 Å². The maximum atomic E-state index is 10.7. The number of aryl methyl sites for hydroxylation is 2. The average Bonchev–Trinajstić information content (AvgIpc) is 2.30. The van der Waals surface area contributed by atoms with Crippen LogP contribution in [0.3, 0.4) is 0 Å². The molecule has 1 unspecified atom stereocenters. The number of hydrogen-bond acceptors (Lipinski definition) is 3. The molecule has 1 heterocycles. The van der Waals surface area contributed by atoms with Gasteiger partial charge in [-0.15, -0.1) is 0 Å². The Balaban J connectivity index is 2.74. The molecule has 0 saturated carbocycles. The lowest BCUT2D eigenvalue weighted by Crippen LogP contribution is -2.38. The van der Waals surface area contributed by atoms with E-state index in [0.29, 0.717) is 6.42 Å². The van der Waals surface area contributed by atoms with Crippen molar-refractivity contribution in [3.05, 3.63) is 17.5 Å². The van der Waals surface area contributed by atoms with Crippen molar-refractivity contribution in [3.8, 4) is 0 Å². The molecule has 72 valence electrons. The van der Waals surface area contributed by atoms with Gasteiger partial charge in [0.15, 0.2) is 0 Å². The third kappa shape index (κ3) is 2.29. The van der Waals surface area contributed by atoms with Crippen molar-refractivity contribution in [1.82, 2.24) is 9.78 Å². The van der Waals surface area contributed by atoms with Crippen molar-refractivity contribution in [3.63, 3.8) is 0 Å². The summed E-state index contributed by atoms with van der Waals surface area (Å²) in [5, 5.41) is 4.16. The lowest BCUT2D eigenvalue weighted by atomic mass is 10.1. The summed E-state index contributed by atoms with van der Waals surface area (Å²) in [5.41, 5.74) is 12.4. The lowest BCUT2D eigenvalue weighted by molar-refractivity contribution is -0.119. The number of carbonyl (C=O) groups is 1. The van der Waals surface area contributed by atoms with E-state index < -0.39 is 11.9 Å². The van der Waals surface area contributed by atoms with E-state index in [9.17, 15) is 4.79 Å². The molecule has 0 saturated heterocycles. The van der Waals surface area contributed by atoms with Crippen molar-refractivity contribution in [1.29, 1.82) is 0 Å². The highest BCUT2D eigenvalue weighted by Crippen LogP contribution is 2.05. The molecule has 5 nitrogen and oxygen atoms in total. The zero-order valence-corrected chi connectivity index (χ0v) is 7.82. The molecule has 0 bridgehead atoms. The van der Waals surface area contributed by atoms with Gasteiger partial charge in [0.1, 0.15) is 0 Å². The highest BCUT2D eigenvalue weighted by Gasteiger charge is 2.13. The van der Waals surface area contributed by atoms with E-state index in [0.717, 1.165) is 11.3 Å². The summed E-state index contributed by atoms with van der Waals surface area (Å²) >= 11 is 0. The topological polar surface area (TPSA) is 86.9 Å². The molecule has 1 aromatic heterocycles. The van der Waals surface area contributed by atoms with Gasteiger partial charge in [-0.05, 0) is 12.5 Å². The number of nitrogens with two attached hydrogens (primary N) is 2. The standard InChI is InChI=1S/C8H14N4O/c1-5-4-12(2)11-7(5)3-6(9)8(10)13/h4,6H,3,9H2,1-2H3,(H2,10,13). The number of carbonyl (C=O) groups excluding carboxylic acids is 1. The zero-order valence-electron chi connectivity index (χ0n) is 7.82. The van der Waals surface area contributed by atoms with Crippen LogP contribution < -0.4 is 11.5 Å². The third-order valence-electron chi connectivity index (χ3n) is 1.89. The van der Waals surface area contributed by atoms with Crippen molar-refractivity contribution in [2.45, 2.75) is 19.4 Å². The molecule has 0 fully saturated rings. The van der Waals surface area contributed by atoms with E-state index >= 15 is 0 Å².